The van der Waals surface area contributed by atoms with Crippen molar-refractivity contribution in [3.05, 3.63) is 34.9 Å². The van der Waals surface area contributed by atoms with Crippen LogP contribution in [0.2, 0.25) is 0 Å². The maximum Gasteiger partial charge on any atom is -0.00772 e. The van der Waals surface area contributed by atoms with Crippen molar-refractivity contribution in [1.82, 2.24) is 0 Å². The quantitative estimate of drug-likeness (QED) is 0.770. The van der Waals surface area contributed by atoms with Crippen LogP contribution in [0.4, 0.5) is 0 Å². The van der Waals surface area contributed by atoms with E-state index < -0.39 is 0 Å². The third-order valence-corrected chi connectivity index (χ3v) is 2.97. The van der Waals surface area contributed by atoms with Crippen LogP contribution in [0.3, 0.4) is 0 Å². The number of rotatable bonds is 4. The predicted octanol–water partition coefficient (Wildman–Crippen LogP) is 3.57. The molecule has 1 nitrogen and oxygen atoms in total. The molecular weight excluding hydrogens is 194 g/mol. The van der Waals surface area contributed by atoms with Gasteiger partial charge < -0.3 is 5.73 Å². The van der Waals surface area contributed by atoms with Gasteiger partial charge in [-0.15, -0.1) is 0 Å². The van der Waals surface area contributed by atoms with E-state index in [1.54, 1.807) is 0 Å². The standard InChI is InChI=1S/C15H25N/c1-12-8-9-14(15(2,3)4)13(11-12)7-5-6-10-16/h8-9,11H,5-7,10,16H2,1-4H3. The zero-order chi connectivity index (χ0) is 12.2. The molecule has 0 unspecified atom stereocenters. The number of nitrogens with two attached hydrogens (primary N) is 1. The molecule has 0 radical (unpaired) electrons. The Morgan fingerprint density at radius 2 is 1.81 bits per heavy atom. The third kappa shape index (κ3) is 3.64. The second-order valence-electron chi connectivity index (χ2n) is 5.66. The van der Waals surface area contributed by atoms with Crippen LogP contribution >= 0.6 is 0 Å². The second-order valence-corrected chi connectivity index (χ2v) is 5.66. The van der Waals surface area contributed by atoms with Gasteiger partial charge in [0.05, 0.1) is 0 Å². The number of aryl methyl sites for hydroxylation is 2. The van der Waals surface area contributed by atoms with Crippen molar-refractivity contribution in [1.29, 1.82) is 0 Å². The maximum atomic E-state index is 5.55. The van der Waals surface area contributed by atoms with Crippen molar-refractivity contribution >= 4 is 0 Å². The number of benzene rings is 1. The van der Waals surface area contributed by atoms with Gasteiger partial charge in [0.25, 0.3) is 0 Å². The van der Waals surface area contributed by atoms with E-state index in [9.17, 15) is 0 Å². The minimum absolute atomic E-state index is 0.242. The predicted molar refractivity (Wildman–Crippen MR) is 71.9 cm³/mol. The number of hydrogen-bond donors (Lipinski definition) is 1. The smallest absolute Gasteiger partial charge is 0.00772 e. The summed E-state index contributed by atoms with van der Waals surface area (Å²) in [5.41, 5.74) is 10.1. The van der Waals surface area contributed by atoms with E-state index >= 15 is 0 Å². The summed E-state index contributed by atoms with van der Waals surface area (Å²) in [6.07, 6.45) is 3.48. The van der Waals surface area contributed by atoms with Gasteiger partial charge in [-0.05, 0) is 49.3 Å². The molecule has 0 atom stereocenters. The average molecular weight is 219 g/mol. The van der Waals surface area contributed by atoms with Crippen LogP contribution in [0, 0.1) is 6.92 Å². The molecule has 0 amide bonds. The summed E-state index contributed by atoms with van der Waals surface area (Å²) in [6, 6.07) is 6.83. The topological polar surface area (TPSA) is 26.0 Å². The van der Waals surface area contributed by atoms with Gasteiger partial charge in [-0.25, -0.2) is 0 Å². The molecule has 0 spiro atoms. The van der Waals surface area contributed by atoms with Crippen LogP contribution in [-0.2, 0) is 11.8 Å². The highest BCUT2D eigenvalue weighted by Gasteiger charge is 2.17. The summed E-state index contributed by atoms with van der Waals surface area (Å²) in [5.74, 6) is 0. The molecule has 0 aliphatic rings. The number of hydrogen-bond acceptors (Lipinski definition) is 1. The van der Waals surface area contributed by atoms with Crippen molar-refractivity contribution < 1.29 is 0 Å². The van der Waals surface area contributed by atoms with Crippen LogP contribution in [0.1, 0.15) is 50.3 Å². The largest absolute Gasteiger partial charge is 0.330 e. The highest BCUT2D eigenvalue weighted by Crippen LogP contribution is 2.27. The molecule has 0 aliphatic carbocycles. The maximum absolute atomic E-state index is 5.55. The summed E-state index contributed by atoms with van der Waals surface area (Å²) in [5, 5.41) is 0. The molecule has 1 rings (SSSR count). The minimum atomic E-state index is 0.242. The summed E-state index contributed by atoms with van der Waals surface area (Å²) >= 11 is 0. The molecular formula is C15H25N. The van der Waals surface area contributed by atoms with Crippen LogP contribution in [0.5, 0.6) is 0 Å². The lowest BCUT2D eigenvalue weighted by atomic mass is 9.82. The normalized spacial score (nSPS) is 11.8. The Bertz CT molecular complexity index is 334. The Morgan fingerprint density at radius 3 is 2.38 bits per heavy atom. The van der Waals surface area contributed by atoms with Crippen LogP contribution in [0.15, 0.2) is 18.2 Å². The summed E-state index contributed by atoms with van der Waals surface area (Å²) in [7, 11) is 0. The Labute approximate surface area is 100 Å². The zero-order valence-corrected chi connectivity index (χ0v) is 11.1. The molecule has 1 heteroatoms. The molecule has 0 aliphatic heterocycles. The van der Waals surface area contributed by atoms with E-state index in [-0.39, 0.29) is 5.41 Å². The van der Waals surface area contributed by atoms with E-state index in [1.807, 2.05) is 0 Å². The van der Waals surface area contributed by atoms with E-state index in [4.69, 9.17) is 5.73 Å². The molecule has 2 N–H and O–H groups in total. The van der Waals surface area contributed by atoms with Gasteiger partial charge in [0.1, 0.15) is 0 Å². The molecule has 1 aromatic carbocycles. The van der Waals surface area contributed by atoms with Gasteiger partial charge in [-0.3, -0.25) is 0 Å². The molecule has 0 aromatic heterocycles. The van der Waals surface area contributed by atoms with Gasteiger partial charge in [0.15, 0.2) is 0 Å². The van der Waals surface area contributed by atoms with Crippen LogP contribution < -0.4 is 5.73 Å². The molecule has 1 aromatic rings. The van der Waals surface area contributed by atoms with Crippen molar-refractivity contribution in [2.45, 2.75) is 52.4 Å². The van der Waals surface area contributed by atoms with Gasteiger partial charge in [0.2, 0.25) is 0 Å². The first-order valence-corrected chi connectivity index (χ1v) is 6.25. The molecule has 0 saturated heterocycles. The van der Waals surface area contributed by atoms with Gasteiger partial charge in [-0.2, -0.15) is 0 Å². The SMILES string of the molecule is Cc1ccc(C(C)(C)C)c(CCCCN)c1. The highest BCUT2D eigenvalue weighted by molar-refractivity contribution is 5.36. The Kier molecular flexibility index (Phi) is 4.55. The fourth-order valence-corrected chi connectivity index (χ4v) is 2.12. The summed E-state index contributed by atoms with van der Waals surface area (Å²) < 4.78 is 0. The molecule has 0 saturated carbocycles. The Morgan fingerprint density at radius 1 is 1.12 bits per heavy atom. The van der Waals surface area contributed by atoms with Gasteiger partial charge >= 0.3 is 0 Å². The molecule has 0 bridgehead atoms. The van der Waals surface area contributed by atoms with E-state index in [2.05, 4.69) is 45.9 Å². The lowest BCUT2D eigenvalue weighted by Crippen LogP contribution is -2.14. The van der Waals surface area contributed by atoms with Gasteiger partial charge in [-0.1, -0.05) is 44.5 Å². The Hall–Kier alpha value is -0.820. The minimum Gasteiger partial charge on any atom is -0.330 e. The van der Waals surface area contributed by atoms with Crippen molar-refractivity contribution in [3.63, 3.8) is 0 Å². The summed E-state index contributed by atoms with van der Waals surface area (Å²) in [6.45, 7) is 9.81. The monoisotopic (exact) mass is 219 g/mol. The van der Waals surface area contributed by atoms with Crippen molar-refractivity contribution in [3.8, 4) is 0 Å². The average Bonchev–Trinajstić information content (AvgIpc) is 2.16. The first-order chi connectivity index (χ1) is 7.45. The first kappa shape index (κ1) is 13.2. The molecule has 90 valence electrons. The van der Waals surface area contributed by atoms with E-state index in [1.165, 1.54) is 23.1 Å². The second kappa shape index (κ2) is 5.49. The third-order valence-electron chi connectivity index (χ3n) is 2.97. The van der Waals surface area contributed by atoms with Crippen LogP contribution in [-0.4, -0.2) is 6.54 Å². The summed E-state index contributed by atoms with van der Waals surface area (Å²) in [4.78, 5) is 0. The van der Waals surface area contributed by atoms with Crippen LogP contribution in [0.25, 0.3) is 0 Å². The lowest BCUT2D eigenvalue weighted by molar-refractivity contribution is 0.578. The van der Waals surface area contributed by atoms with Crippen molar-refractivity contribution in [2.24, 2.45) is 5.73 Å². The molecule has 16 heavy (non-hydrogen) atoms. The van der Waals surface area contributed by atoms with E-state index in [0.717, 1.165) is 19.4 Å². The molecule has 0 heterocycles. The first-order valence-electron chi connectivity index (χ1n) is 6.25. The van der Waals surface area contributed by atoms with Gasteiger partial charge in [0, 0.05) is 0 Å². The zero-order valence-electron chi connectivity index (χ0n) is 11.1. The van der Waals surface area contributed by atoms with E-state index in [0.29, 0.717) is 0 Å². The lowest BCUT2D eigenvalue weighted by Gasteiger charge is -2.23. The fourth-order valence-electron chi connectivity index (χ4n) is 2.12. The van der Waals surface area contributed by atoms with Crippen molar-refractivity contribution in [2.75, 3.05) is 6.54 Å². The molecule has 0 fully saturated rings. The highest BCUT2D eigenvalue weighted by atomic mass is 14.5. The fraction of sp³-hybridized carbons (Fsp3) is 0.600. The number of unbranched alkanes of at least 4 members (excludes halogenated alkanes) is 1. The Balaban J connectivity index is 2.90.